The lowest BCUT2D eigenvalue weighted by Crippen LogP contribution is -2.39. The Balaban J connectivity index is 1.85. The Morgan fingerprint density at radius 3 is 2.63 bits per heavy atom. The lowest BCUT2D eigenvalue weighted by Gasteiger charge is -2.38. The maximum Gasteiger partial charge on any atom is 0.419 e. The predicted octanol–water partition coefficient (Wildman–Crippen LogP) is 5.53. The molecule has 0 amide bonds. The van der Waals surface area contributed by atoms with Crippen LogP contribution in [0.1, 0.15) is 50.2 Å². The van der Waals surface area contributed by atoms with Crippen molar-refractivity contribution in [2.45, 2.75) is 50.5 Å². The molecule has 2 atom stereocenters. The number of ketones is 1. The number of aliphatic imine (C=N–C) groups is 1. The molecule has 1 saturated heterocycles. The Morgan fingerprint density at radius 1 is 1.22 bits per heavy atom. The van der Waals surface area contributed by atoms with Crippen LogP contribution < -0.4 is 0 Å². The van der Waals surface area contributed by atoms with Crippen LogP contribution in [0.3, 0.4) is 0 Å². The number of alkyl halides is 3. The Kier molecular flexibility index (Phi) is 4.29. The molecular formula is C20H19F4NOS. The van der Waals surface area contributed by atoms with Crippen LogP contribution in [0.25, 0.3) is 0 Å². The first-order chi connectivity index (χ1) is 12.6. The molecule has 27 heavy (non-hydrogen) atoms. The molecule has 4 rings (SSSR count). The number of Topliss-reactive ketones (excluding diaryl/α,β-unsaturated/α-hetero) is 1. The summed E-state index contributed by atoms with van der Waals surface area (Å²) >= 11 is 1.64. The summed E-state index contributed by atoms with van der Waals surface area (Å²) in [5.74, 6) is -0.911. The van der Waals surface area contributed by atoms with Crippen molar-refractivity contribution in [2.24, 2.45) is 10.4 Å². The second-order valence-corrected chi connectivity index (χ2v) is 9.18. The smallest absolute Gasteiger partial charge is 0.294 e. The van der Waals surface area contributed by atoms with Crippen LogP contribution in [-0.4, -0.2) is 22.5 Å². The Bertz CT molecular complexity index is 884. The Labute approximate surface area is 159 Å². The van der Waals surface area contributed by atoms with Gasteiger partial charge in [-0.15, -0.1) is 0 Å². The zero-order valence-corrected chi connectivity index (χ0v) is 15.8. The van der Waals surface area contributed by atoms with Crippen LogP contribution >= 0.6 is 11.8 Å². The van der Waals surface area contributed by atoms with E-state index in [2.05, 4.69) is 0 Å². The third kappa shape index (κ3) is 3.04. The van der Waals surface area contributed by atoms with Gasteiger partial charge in [-0.05, 0) is 42.7 Å². The van der Waals surface area contributed by atoms with Crippen molar-refractivity contribution in [3.05, 3.63) is 46.4 Å². The Morgan fingerprint density at radius 2 is 1.96 bits per heavy atom. The maximum absolute atomic E-state index is 14.3. The van der Waals surface area contributed by atoms with E-state index >= 15 is 0 Å². The fourth-order valence-corrected chi connectivity index (χ4v) is 5.60. The van der Waals surface area contributed by atoms with Gasteiger partial charge in [-0.1, -0.05) is 19.9 Å². The van der Waals surface area contributed by atoms with Gasteiger partial charge in [-0.25, -0.2) is 4.39 Å². The monoisotopic (exact) mass is 397 g/mol. The highest BCUT2D eigenvalue weighted by Crippen LogP contribution is 2.51. The fraction of sp³-hybridized carbons (Fsp3) is 0.500. The van der Waals surface area contributed by atoms with Crippen LogP contribution in [0.15, 0.2) is 34.5 Å². The van der Waals surface area contributed by atoms with E-state index in [1.807, 2.05) is 13.8 Å². The molecule has 0 spiro atoms. The number of allylic oxidation sites excluding steroid dienone is 2. The number of halogens is 4. The average molecular weight is 397 g/mol. The number of hydrogen-bond donors (Lipinski definition) is 0. The SMILES string of the molecule is CC1(C)CCC2=C(C1=O)C(c1ccc(C(F)(F)F)c(F)c1)C1SCCC1=N2. The third-order valence-electron chi connectivity index (χ3n) is 5.69. The van der Waals surface area contributed by atoms with Gasteiger partial charge >= 0.3 is 6.18 Å². The normalized spacial score (nSPS) is 27.3. The summed E-state index contributed by atoms with van der Waals surface area (Å²) in [6.45, 7) is 3.76. The van der Waals surface area contributed by atoms with Gasteiger partial charge in [0, 0.05) is 28.3 Å². The Hall–Kier alpha value is -1.63. The lowest BCUT2D eigenvalue weighted by atomic mass is 9.68. The van der Waals surface area contributed by atoms with Gasteiger partial charge in [-0.2, -0.15) is 24.9 Å². The van der Waals surface area contributed by atoms with Gasteiger partial charge in [-0.3, -0.25) is 9.79 Å². The van der Waals surface area contributed by atoms with E-state index in [-0.39, 0.29) is 11.0 Å². The quantitative estimate of drug-likeness (QED) is 0.583. The first-order valence-electron chi connectivity index (χ1n) is 8.93. The minimum Gasteiger partial charge on any atom is -0.294 e. The van der Waals surface area contributed by atoms with E-state index in [1.54, 1.807) is 11.8 Å². The van der Waals surface area contributed by atoms with Gasteiger partial charge in [0.2, 0.25) is 0 Å². The molecule has 1 aliphatic carbocycles. The summed E-state index contributed by atoms with van der Waals surface area (Å²) in [7, 11) is 0. The van der Waals surface area contributed by atoms with E-state index in [1.165, 1.54) is 6.07 Å². The minimum atomic E-state index is -4.74. The highest BCUT2D eigenvalue weighted by Gasteiger charge is 2.47. The minimum absolute atomic E-state index is 0.0237. The summed E-state index contributed by atoms with van der Waals surface area (Å²) in [6.07, 6.45) is -2.60. The molecule has 1 aromatic carbocycles. The van der Waals surface area contributed by atoms with E-state index in [4.69, 9.17) is 4.99 Å². The number of hydrogen-bond acceptors (Lipinski definition) is 3. The average Bonchev–Trinajstić information content (AvgIpc) is 3.03. The molecule has 2 unspecified atom stereocenters. The van der Waals surface area contributed by atoms with E-state index in [0.29, 0.717) is 24.0 Å². The number of carbonyl (C=O) groups excluding carboxylic acids is 1. The summed E-state index contributed by atoms with van der Waals surface area (Å²) < 4.78 is 53.1. The van der Waals surface area contributed by atoms with Crippen molar-refractivity contribution in [1.82, 2.24) is 0 Å². The molecule has 0 bridgehead atoms. The van der Waals surface area contributed by atoms with E-state index in [9.17, 15) is 22.4 Å². The summed E-state index contributed by atoms with van der Waals surface area (Å²) in [5, 5.41) is -0.113. The zero-order chi connectivity index (χ0) is 19.6. The molecule has 0 aromatic heterocycles. The first kappa shape index (κ1) is 18.7. The zero-order valence-electron chi connectivity index (χ0n) is 15.0. The van der Waals surface area contributed by atoms with Gasteiger partial charge in [0.25, 0.3) is 0 Å². The molecule has 7 heteroatoms. The molecule has 3 aliphatic rings. The van der Waals surface area contributed by atoms with Crippen molar-refractivity contribution in [3.8, 4) is 0 Å². The van der Waals surface area contributed by atoms with Crippen molar-refractivity contribution in [3.63, 3.8) is 0 Å². The van der Waals surface area contributed by atoms with Crippen LogP contribution in [0.2, 0.25) is 0 Å². The number of carbonyl (C=O) groups is 1. The highest BCUT2D eigenvalue weighted by molar-refractivity contribution is 8.01. The molecule has 2 nitrogen and oxygen atoms in total. The molecule has 1 aromatic rings. The van der Waals surface area contributed by atoms with Crippen molar-refractivity contribution >= 4 is 23.3 Å². The number of benzene rings is 1. The maximum atomic E-state index is 14.3. The number of nitrogens with zero attached hydrogens (tertiary/aromatic N) is 1. The second kappa shape index (κ2) is 6.19. The van der Waals surface area contributed by atoms with Crippen molar-refractivity contribution in [1.29, 1.82) is 0 Å². The lowest BCUT2D eigenvalue weighted by molar-refractivity contribution is -0.140. The molecule has 0 saturated carbocycles. The van der Waals surface area contributed by atoms with Crippen LogP contribution in [0.4, 0.5) is 17.6 Å². The summed E-state index contributed by atoms with van der Waals surface area (Å²) in [4.78, 5) is 17.9. The van der Waals surface area contributed by atoms with Gasteiger partial charge in [0.1, 0.15) is 5.82 Å². The fourth-order valence-electron chi connectivity index (χ4n) is 4.17. The molecule has 2 aliphatic heterocycles. The van der Waals surface area contributed by atoms with Gasteiger partial charge in [0.05, 0.1) is 10.8 Å². The first-order valence-corrected chi connectivity index (χ1v) is 9.98. The van der Waals surface area contributed by atoms with E-state index < -0.39 is 28.9 Å². The van der Waals surface area contributed by atoms with Crippen LogP contribution in [0.5, 0.6) is 0 Å². The molecule has 144 valence electrons. The molecular weight excluding hydrogens is 378 g/mol. The molecule has 2 heterocycles. The molecule has 1 fully saturated rings. The highest BCUT2D eigenvalue weighted by atomic mass is 32.2. The van der Waals surface area contributed by atoms with Gasteiger partial charge < -0.3 is 0 Å². The standard InChI is InChI=1S/C20H19F4NOS/c1-19(2)7-5-13-16(18(19)26)15(17-14(25-13)6-8-27-17)10-3-4-11(12(21)9-10)20(22,23)24/h3-4,9,15,17H,5-8H2,1-2H3. The second-order valence-electron chi connectivity index (χ2n) is 7.93. The summed E-state index contributed by atoms with van der Waals surface area (Å²) in [6, 6.07) is 3.06. The predicted molar refractivity (Wildman–Crippen MR) is 97.5 cm³/mol. The van der Waals surface area contributed by atoms with Gasteiger partial charge in [0.15, 0.2) is 5.78 Å². The van der Waals surface area contributed by atoms with Crippen molar-refractivity contribution in [2.75, 3.05) is 5.75 Å². The van der Waals surface area contributed by atoms with E-state index in [0.717, 1.165) is 35.7 Å². The number of fused-ring (bicyclic) bond motifs is 1. The molecule has 0 N–H and O–H groups in total. The van der Waals surface area contributed by atoms with Crippen LogP contribution in [-0.2, 0) is 11.0 Å². The number of rotatable bonds is 1. The third-order valence-corrected chi connectivity index (χ3v) is 7.03. The number of thioether (sulfide) groups is 1. The largest absolute Gasteiger partial charge is 0.419 e. The topological polar surface area (TPSA) is 29.4 Å². The van der Waals surface area contributed by atoms with Crippen LogP contribution in [0, 0.1) is 11.2 Å². The van der Waals surface area contributed by atoms with Crippen molar-refractivity contribution < 1.29 is 22.4 Å². The summed E-state index contributed by atoms with van der Waals surface area (Å²) in [5.41, 5.74) is 0.867. The molecule has 0 radical (unpaired) electrons.